The molecule has 1 aromatic heterocycles. The van der Waals surface area contributed by atoms with Crippen LogP contribution in [0.3, 0.4) is 0 Å². The molecule has 0 aromatic carbocycles. The van der Waals surface area contributed by atoms with Crippen LogP contribution in [-0.2, 0) is 13.2 Å². The standard InChI is InChI=1S/C5H7F2N3OS/c6-3(7)1-10-4(2-11)8-9-5(10)12/h3,11H,1-2H2,(H,9,12). The molecule has 0 fully saturated rings. The second kappa shape index (κ2) is 3.72. The summed E-state index contributed by atoms with van der Waals surface area (Å²) in [7, 11) is 0. The lowest BCUT2D eigenvalue weighted by Crippen LogP contribution is -2.10. The predicted molar refractivity (Wildman–Crippen MR) is 39.3 cm³/mol. The molecule has 0 radical (unpaired) electrons. The zero-order valence-electron chi connectivity index (χ0n) is 6.00. The van der Waals surface area contributed by atoms with Crippen molar-refractivity contribution < 1.29 is 13.9 Å². The molecule has 1 aromatic rings. The number of nitrogens with one attached hydrogen (secondary N) is 1. The van der Waals surface area contributed by atoms with Crippen LogP contribution in [0.4, 0.5) is 8.78 Å². The second-order valence-electron chi connectivity index (χ2n) is 2.10. The van der Waals surface area contributed by atoms with Gasteiger partial charge in [0.2, 0.25) is 0 Å². The van der Waals surface area contributed by atoms with E-state index in [-0.39, 0.29) is 10.6 Å². The number of aliphatic hydroxyl groups is 1. The van der Waals surface area contributed by atoms with Crippen molar-refractivity contribution in [1.29, 1.82) is 0 Å². The monoisotopic (exact) mass is 195 g/mol. The van der Waals surface area contributed by atoms with Gasteiger partial charge < -0.3 is 5.11 Å². The molecule has 12 heavy (non-hydrogen) atoms. The van der Waals surface area contributed by atoms with Crippen LogP contribution in [0.15, 0.2) is 0 Å². The maximum absolute atomic E-state index is 11.9. The Hall–Kier alpha value is -0.820. The smallest absolute Gasteiger partial charge is 0.256 e. The highest BCUT2D eigenvalue weighted by Crippen LogP contribution is 2.03. The highest BCUT2D eigenvalue weighted by atomic mass is 32.1. The molecule has 1 heterocycles. The third-order valence-corrected chi connectivity index (χ3v) is 1.61. The van der Waals surface area contributed by atoms with Crippen LogP contribution in [0.2, 0.25) is 0 Å². The first-order chi connectivity index (χ1) is 5.65. The minimum absolute atomic E-state index is 0.0966. The van der Waals surface area contributed by atoms with Gasteiger partial charge in [0.25, 0.3) is 6.43 Å². The lowest BCUT2D eigenvalue weighted by molar-refractivity contribution is 0.122. The fraction of sp³-hybridized carbons (Fsp3) is 0.600. The Kier molecular flexibility index (Phi) is 2.88. The molecule has 0 atom stereocenters. The van der Waals surface area contributed by atoms with Crippen LogP contribution >= 0.6 is 12.2 Å². The molecule has 0 aliphatic rings. The topological polar surface area (TPSA) is 53.8 Å². The number of aromatic amines is 1. The summed E-state index contributed by atoms with van der Waals surface area (Å²) in [6, 6.07) is 0. The van der Waals surface area contributed by atoms with Crippen molar-refractivity contribution in [3.8, 4) is 0 Å². The minimum Gasteiger partial charge on any atom is -0.388 e. The molecule has 1 rings (SSSR count). The predicted octanol–water partition coefficient (Wildman–Crippen LogP) is 0.698. The SMILES string of the molecule is OCc1n[nH]c(=S)n1CC(F)F. The van der Waals surface area contributed by atoms with Gasteiger partial charge in [0.1, 0.15) is 6.61 Å². The third-order valence-electron chi connectivity index (χ3n) is 1.30. The van der Waals surface area contributed by atoms with E-state index in [4.69, 9.17) is 5.11 Å². The van der Waals surface area contributed by atoms with Crippen molar-refractivity contribution in [1.82, 2.24) is 14.8 Å². The van der Waals surface area contributed by atoms with Crippen LogP contribution in [0.1, 0.15) is 5.82 Å². The van der Waals surface area contributed by atoms with Gasteiger partial charge in [-0.25, -0.2) is 8.78 Å². The molecule has 0 spiro atoms. The normalized spacial score (nSPS) is 11.0. The average Bonchev–Trinajstić information content (AvgIpc) is 2.32. The van der Waals surface area contributed by atoms with Crippen molar-refractivity contribution in [2.75, 3.05) is 0 Å². The van der Waals surface area contributed by atoms with Crippen molar-refractivity contribution >= 4 is 12.2 Å². The second-order valence-corrected chi connectivity index (χ2v) is 2.49. The van der Waals surface area contributed by atoms with E-state index in [9.17, 15) is 8.78 Å². The molecule has 0 saturated carbocycles. The van der Waals surface area contributed by atoms with Gasteiger partial charge in [0.15, 0.2) is 10.6 Å². The lowest BCUT2D eigenvalue weighted by Gasteiger charge is -2.02. The maximum Gasteiger partial charge on any atom is 0.256 e. The van der Waals surface area contributed by atoms with E-state index in [1.165, 1.54) is 0 Å². The molecule has 0 amide bonds. The highest BCUT2D eigenvalue weighted by Gasteiger charge is 2.09. The summed E-state index contributed by atoms with van der Waals surface area (Å²) < 4.78 is 25.0. The number of hydrogen-bond acceptors (Lipinski definition) is 3. The first kappa shape index (κ1) is 9.27. The molecule has 0 aliphatic heterocycles. The fourth-order valence-electron chi connectivity index (χ4n) is 0.797. The van der Waals surface area contributed by atoms with E-state index < -0.39 is 19.6 Å². The molecule has 4 nitrogen and oxygen atoms in total. The van der Waals surface area contributed by atoms with E-state index in [0.717, 1.165) is 4.57 Å². The number of aliphatic hydroxyl groups excluding tert-OH is 1. The van der Waals surface area contributed by atoms with Gasteiger partial charge in [-0.1, -0.05) is 0 Å². The summed E-state index contributed by atoms with van der Waals surface area (Å²) in [4.78, 5) is 0. The quantitative estimate of drug-likeness (QED) is 0.698. The van der Waals surface area contributed by atoms with Gasteiger partial charge in [0.05, 0.1) is 6.54 Å². The zero-order valence-corrected chi connectivity index (χ0v) is 6.81. The molecule has 0 unspecified atom stereocenters. The summed E-state index contributed by atoms with van der Waals surface area (Å²) >= 11 is 4.66. The number of aromatic nitrogens is 3. The van der Waals surface area contributed by atoms with E-state index in [1.807, 2.05) is 0 Å². The van der Waals surface area contributed by atoms with E-state index in [0.29, 0.717) is 0 Å². The largest absolute Gasteiger partial charge is 0.388 e. The van der Waals surface area contributed by atoms with Crippen LogP contribution < -0.4 is 0 Å². The van der Waals surface area contributed by atoms with E-state index in [2.05, 4.69) is 22.4 Å². The van der Waals surface area contributed by atoms with Gasteiger partial charge in [-0.2, -0.15) is 5.10 Å². The molecular formula is C5H7F2N3OS. The maximum atomic E-state index is 11.9. The average molecular weight is 195 g/mol. The summed E-state index contributed by atoms with van der Waals surface area (Å²) in [5, 5.41) is 14.5. The Bertz CT molecular complexity index is 308. The number of hydrogen-bond donors (Lipinski definition) is 2. The molecule has 68 valence electrons. The van der Waals surface area contributed by atoms with Gasteiger partial charge in [-0.05, 0) is 12.2 Å². The van der Waals surface area contributed by atoms with Gasteiger partial charge in [-0.3, -0.25) is 9.67 Å². The Labute approximate surface area is 71.8 Å². The van der Waals surface area contributed by atoms with E-state index in [1.54, 1.807) is 0 Å². The summed E-state index contributed by atoms with van der Waals surface area (Å²) in [5.74, 6) is 0.125. The summed E-state index contributed by atoms with van der Waals surface area (Å²) in [6.45, 7) is -0.939. The lowest BCUT2D eigenvalue weighted by atomic mass is 10.6. The van der Waals surface area contributed by atoms with E-state index >= 15 is 0 Å². The Balaban J connectivity index is 2.94. The molecular weight excluding hydrogens is 188 g/mol. The Morgan fingerprint density at radius 3 is 2.83 bits per heavy atom. The van der Waals surface area contributed by atoms with Gasteiger partial charge in [-0.15, -0.1) is 0 Å². The number of alkyl halides is 2. The first-order valence-corrected chi connectivity index (χ1v) is 3.59. The van der Waals surface area contributed by atoms with Gasteiger partial charge in [0, 0.05) is 0 Å². The van der Waals surface area contributed by atoms with Crippen LogP contribution in [-0.4, -0.2) is 26.3 Å². The number of halogens is 2. The molecule has 0 saturated heterocycles. The number of nitrogens with zero attached hydrogens (tertiary/aromatic N) is 2. The van der Waals surface area contributed by atoms with Crippen LogP contribution in [0.5, 0.6) is 0 Å². The number of H-pyrrole nitrogens is 1. The number of rotatable bonds is 3. The van der Waals surface area contributed by atoms with Gasteiger partial charge >= 0.3 is 0 Å². The van der Waals surface area contributed by atoms with Crippen molar-refractivity contribution in [2.45, 2.75) is 19.6 Å². The first-order valence-electron chi connectivity index (χ1n) is 3.18. The Morgan fingerprint density at radius 2 is 2.33 bits per heavy atom. The highest BCUT2D eigenvalue weighted by molar-refractivity contribution is 7.71. The van der Waals surface area contributed by atoms with Crippen molar-refractivity contribution in [3.63, 3.8) is 0 Å². The zero-order chi connectivity index (χ0) is 9.14. The molecule has 0 bridgehead atoms. The molecule has 2 N–H and O–H groups in total. The minimum atomic E-state index is -2.50. The fourth-order valence-corrected chi connectivity index (χ4v) is 1.02. The van der Waals surface area contributed by atoms with Crippen LogP contribution in [0.25, 0.3) is 0 Å². The summed E-state index contributed by atoms with van der Waals surface area (Å²) in [5.41, 5.74) is 0. The molecule has 7 heteroatoms. The third kappa shape index (κ3) is 1.86. The van der Waals surface area contributed by atoms with Crippen molar-refractivity contribution in [2.24, 2.45) is 0 Å². The Morgan fingerprint density at radius 1 is 1.67 bits per heavy atom. The van der Waals surface area contributed by atoms with Crippen molar-refractivity contribution in [3.05, 3.63) is 10.6 Å². The van der Waals surface area contributed by atoms with Crippen LogP contribution in [0, 0.1) is 4.77 Å². The summed E-state index contributed by atoms with van der Waals surface area (Å²) in [6.07, 6.45) is -2.50. The molecule has 0 aliphatic carbocycles.